The molecule has 2 N–H and O–H groups in total. The molecular formula is C21H25N7O3S. The molecule has 10 nitrogen and oxygen atoms in total. The fraction of sp³-hybridized carbons (Fsp3) is 0.381. The monoisotopic (exact) mass is 455 g/mol. The van der Waals surface area contributed by atoms with Crippen molar-refractivity contribution in [3.63, 3.8) is 0 Å². The highest BCUT2D eigenvalue weighted by Crippen LogP contribution is 2.27. The summed E-state index contributed by atoms with van der Waals surface area (Å²) in [6.45, 7) is 1.62. The largest absolute Gasteiger partial charge is 0.341 e. The van der Waals surface area contributed by atoms with E-state index in [-0.39, 0.29) is 4.90 Å². The van der Waals surface area contributed by atoms with Crippen LogP contribution in [0.5, 0.6) is 0 Å². The third-order valence-corrected chi connectivity index (χ3v) is 6.70. The Balaban J connectivity index is 1.65. The molecule has 1 aliphatic rings. The summed E-state index contributed by atoms with van der Waals surface area (Å²) in [5.41, 5.74) is 0.647. The van der Waals surface area contributed by atoms with E-state index in [2.05, 4.69) is 35.4 Å². The summed E-state index contributed by atoms with van der Waals surface area (Å²) in [5.74, 6) is 1.47. The highest BCUT2D eigenvalue weighted by molar-refractivity contribution is 7.90. The van der Waals surface area contributed by atoms with Gasteiger partial charge in [-0.25, -0.2) is 18.5 Å². The van der Waals surface area contributed by atoms with Gasteiger partial charge in [0.05, 0.1) is 11.1 Å². The van der Waals surface area contributed by atoms with Crippen LogP contribution in [-0.2, 0) is 9.84 Å². The van der Waals surface area contributed by atoms with Gasteiger partial charge in [-0.05, 0) is 55.7 Å². The predicted octanol–water partition coefficient (Wildman–Crippen LogP) is 2.17. The van der Waals surface area contributed by atoms with E-state index in [1.165, 1.54) is 18.3 Å². The van der Waals surface area contributed by atoms with Gasteiger partial charge in [0.15, 0.2) is 9.84 Å². The zero-order valence-corrected chi connectivity index (χ0v) is 18.8. The molecule has 2 aromatic heterocycles. The first-order chi connectivity index (χ1) is 15.3. The summed E-state index contributed by atoms with van der Waals surface area (Å²) in [4.78, 5) is 28.1. The average molecular weight is 456 g/mol. The van der Waals surface area contributed by atoms with E-state index >= 15 is 0 Å². The standard InChI is InChI=1S/C21H25N7O3S/c1-22-10-7-14-8-11-28(12-9-14)21-25-17-13-23-27-20(29)18(17)19(26-21)24-15-3-5-16(6-4-15)32(2,30)31/h3-6,10,13-14H,7-9,11-12H2,1-2H3,(H,27,29)(H,24,25,26)/b22-10+. The molecule has 1 fully saturated rings. The van der Waals surface area contributed by atoms with Crippen molar-refractivity contribution in [1.82, 2.24) is 20.2 Å². The van der Waals surface area contributed by atoms with Gasteiger partial charge in [0.2, 0.25) is 5.95 Å². The second-order valence-electron chi connectivity index (χ2n) is 7.86. The maximum absolute atomic E-state index is 12.5. The second kappa shape index (κ2) is 9.03. The number of sulfone groups is 1. The van der Waals surface area contributed by atoms with E-state index in [0.29, 0.717) is 34.3 Å². The van der Waals surface area contributed by atoms with E-state index in [4.69, 9.17) is 0 Å². The van der Waals surface area contributed by atoms with E-state index in [1.807, 2.05) is 6.21 Å². The third-order valence-electron chi connectivity index (χ3n) is 5.57. The number of rotatable bonds is 6. The minimum atomic E-state index is -3.30. The first-order valence-electron chi connectivity index (χ1n) is 10.3. The van der Waals surface area contributed by atoms with Gasteiger partial charge in [-0.15, -0.1) is 0 Å². The molecule has 1 saturated heterocycles. The van der Waals surface area contributed by atoms with Crippen LogP contribution in [0.25, 0.3) is 10.9 Å². The van der Waals surface area contributed by atoms with Gasteiger partial charge in [-0.1, -0.05) is 0 Å². The summed E-state index contributed by atoms with van der Waals surface area (Å²) in [7, 11) is -1.51. The Morgan fingerprint density at radius 1 is 1.22 bits per heavy atom. The quantitative estimate of drug-likeness (QED) is 0.540. The molecule has 0 radical (unpaired) electrons. The Morgan fingerprint density at radius 3 is 2.59 bits per heavy atom. The summed E-state index contributed by atoms with van der Waals surface area (Å²) in [5, 5.41) is 9.74. The lowest BCUT2D eigenvalue weighted by molar-refractivity contribution is 0.416. The van der Waals surface area contributed by atoms with Gasteiger partial charge in [-0.3, -0.25) is 4.79 Å². The van der Waals surface area contributed by atoms with Crippen molar-refractivity contribution in [2.75, 3.05) is 36.6 Å². The Labute approximate surface area is 185 Å². The lowest BCUT2D eigenvalue weighted by Crippen LogP contribution is -2.35. The summed E-state index contributed by atoms with van der Waals surface area (Å²) in [6.07, 6.45) is 7.61. The lowest BCUT2D eigenvalue weighted by Gasteiger charge is -2.31. The molecule has 1 aromatic carbocycles. The van der Waals surface area contributed by atoms with Crippen molar-refractivity contribution in [3.05, 3.63) is 40.8 Å². The molecule has 3 heterocycles. The predicted molar refractivity (Wildman–Crippen MR) is 125 cm³/mol. The normalized spacial score (nSPS) is 15.5. The van der Waals surface area contributed by atoms with Gasteiger partial charge in [0.1, 0.15) is 16.7 Å². The maximum atomic E-state index is 12.5. The third kappa shape index (κ3) is 4.77. The Morgan fingerprint density at radius 2 is 1.94 bits per heavy atom. The Hall–Kier alpha value is -3.34. The number of anilines is 3. The summed E-state index contributed by atoms with van der Waals surface area (Å²) in [6, 6.07) is 6.30. The average Bonchev–Trinajstić information content (AvgIpc) is 2.77. The number of aromatic nitrogens is 4. The van der Waals surface area contributed by atoms with E-state index < -0.39 is 15.4 Å². The molecule has 0 saturated carbocycles. The van der Waals surface area contributed by atoms with Crippen LogP contribution in [0.4, 0.5) is 17.5 Å². The molecule has 0 bridgehead atoms. The van der Waals surface area contributed by atoms with Crippen LogP contribution < -0.4 is 15.8 Å². The lowest BCUT2D eigenvalue weighted by atomic mass is 9.94. The number of aliphatic imine (C=N–C) groups is 1. The first kappa shape index (κ1) is 21.9. The zero-order valence-electron chi connectivity index (χ0n) is 17.9. The van der Waals surface area contributed by atoms with Gasteiger partial charge in [0, 0.05) is 32.1 Å². The van der Waals surface area contributed by atoms with Crippen molar-refractivity contribution in [2.24, 2.45) is 10.9 Å². The summed E-state index contributed by atoms with van der Waals surface area (Å²) < 4.78 is 23.4. The number of nitrogens with zero attached hydrogens (tertiary/aromatic N) is 5. The minimum absolute atomic E-state index is 0.217. The number of nitrogens with one attached hydrogen (secondary N) is 2. The number of fused-ring (bicyclic) bond motifs is 1. The fourth-order valence-electron chi connectivity index (χ4n) is 3.77. The van der Waals surface area contributed by atoms with Gasteiger partial charge in [-0.2, -0.15) is 10.1 Å². The molecule has 0 unspecified atom stereocenters. The van der Waals surface area contributed by atoms with Crippen LogP contribution in [0, 0.1) is 5.92 Å². The van der Waals surface area contributed by atoms with Crippen LogP contribution in [-0.4, -0.2) is 61.2 Å². The smallest absolute Gasteiger partial charge is 0.277 e. The molecule has 168 valence electrons. The van der Waals surface area contributed by atoms with E-state index in [0.717, 1.165) is 38.6 Å². The summed E-state index contributed by atoms with van der Waals surface area (Å²) >= 11 is 0. The first-order valence-corrected chi connectivity index (χ1v) is 12.2. The molecule has 4 rings (SSSR count). The molecular weight excluding hydrogens is 430 g/mol. The van der Waals surface area contributed by atoms with E-state index in [1.54, 1.807) is 19.2 Å². The minimum Gasteiger partial charge on any atom is -0.341 e. The second-order valence-corrected chi connectivity index (χ2v) is 9.88. The number of benzene rings is 1. The van der Waals surface area contributed by atoms with Crippen molar-refractivity contribution in [2.45, 2.75) is 24.2 Å². The molecule has 0 amide bonds. The number of H-pyrrole nitrogens is 1. The molecule has 0 spiro atoms. The van der Waals surface area contributed by atoms with Gasteiger partial charge in [0.25, 0.3) is 5.56 Å². The zero-order chi connectivity index (χ0) is 22.7. The Kier molecular flexibility index (Phi) is 6.17. The molecule has 0 atom stereocenters. The molecule has 0 aliphatic carbocycles. The van der Waals surface area contributed by atoms with Crippen LogP contribution in [0.15, 0.2) is 45.1 Å². The van der Waals surface area contributed by atoms with Crippen molar-refractivity contribution in [1.29, 1.82) is 0 Å². The maximum Gasteiger partial charge on any atom is 0.277 e. The van der Waals surface area contributed by atoms with Crippen LogP contribution in [0.1, 0.15) is 19.3 Å². The van der Waals surface area contributed by atoms with Crippen LogP contribution in [0.2, 0.25) is 0 Å². The van der Waals surface area contributed by atoms with Crippen molar-refractivity contribution in [3.8, 4) is 0 Å². The van der Waals surface area contributed by atoms with Gasteiger partial charge >= 0.3 is 0 Å². The number of aromatic amines is 1. The van der Waals surface area contributed by atoms with Crippen LogP contribution in [0.3, 0.4) is 0 Å². The molecule has 11 heteroatoms. The van der Waals surface area contributed by atoms with Gasteiger partial charge < -0.3 is 15.2 Å². The van der Waals surface area contributed by atoms with Crippen molar-refractivity contribution >= 4 is 44.4 Å². The molecule has 32 heavy (non-hydrogen) atoms. The highest BCUT2D eigenvalue weighted by Gasteiger charge is 2.22. The SMILES string of the molecule is C/N=C/CC1CCN(c2nc(Nc3ccc(S(C)(=O)=O)cc3)c3c(=O)[nH]ncc3n2)CC1. The number of hydrogen-bond donors (Lipinski definition) is 2. The molecule has 1 aliphatic heterocycles. The Bertz CT molecular complexity index is 1300. The van der Waals surface area contributed by atoms with Crippen molar-refractivity contribution < 1.29 is 8.42 Å². The molecule has 3 aromatic rings. The van der Waals surface area contributed by atoms with Crippen LogP contribution >= 0.6 is 0 Å². The van der Waals surface area contributed by atoms with E-state index in [9.17, 15) is 13.2 Å². The fourth-order valence-corrected chi connectivity index (χ4v) is 4.40. The number of hydrogen-bond acceptors (Lipinski definition) is 9. The number of piperidine rings is 1. The highest BCUT2D eigenvalue weighted by atomic mass is 32.2. The topological polar surface area (TPSA) is 133 Å².